The summed E-state index contributed by atoms with van der Waals surface area (Å²) in [6.07, 6.45) is 0.168. The molecular weight excluding hydrogens is 276 g/mol. The van der Waals surface area contributed by atoms with Crippen LogP contribution in [0, 0.1) is 6.92 Å². The van der Waals surface area contributed by atoms with Gasteiger partial charge in [-0.15, -0.1) is 0 Å². The molecule has 0 spiro atoms. The second-order valence-corrected chi connectivity index (χ2v) is 5.46. The molecule has 0 bridgehead atoms. The summed E-state index contributed by atoms with van der Waals surface area (Å²) in [5, 5.41) is 6.23. The summed E-state index contributed by atoms with van der Waals surface area (Å²) >= 11 is 1.23. The molecule has 1 unspecified atom stereocenters. The molecule has 0 saturated heterocycles. The first kappa shape index (κ1) is 12.7. The van der Waals surface area contributed by atoms with E-state index in [1.54, 1.807) is 6.07 Å². The Morgan fingerprint density at radius 3 is 3.00 bits per heavy atom. The van der Waals surface area contributed by atoms with Crippen LogP contribution in [0.1, 0.15) is 33.4 Å². The number of fused-ring (bicyclic) bond motifs is 1. The number of carbonyl (C=O) groups excluding carboxylic acids is 2. The zero-order valence-corrected chi connectivity index (χ0v) is 11.5. The van der Waals surface area contributed by atoms with Crippen molar-refractivity contribution in [3.8, 4) is 0 Å². The molecule has 1 atom stereocenters. The molecule has 2 aromatic rings. The van der Waals surface area contributed by atoms with Crippen LogP contribution in [-0.4, -0.2) is 21.2 Å². The highest BCUT2D eigenvalue weighted by molar-refractivity contribution is 7.05. The lowest BCUT2D eigenvalue weighted by Crippen LogP contribution is -2.24. The van der Waals surface area contributed by atoms with Crippen molar-refractivity contribution in [3.05, 3.63) is 40.4 Å². The molecule has 20 heavy (non-hydrogen) atoms. The maximum atomic E-state index is 12.0. The molecule has 2 heterocycles. The Morgan fingerprint density at radius 1 is 1.45 bits per heavy atom. The van der Waals surface area contributed by atoms with Gasteiger partial charge in [0.25, 0.3) is 5.91 Å². The van der Waals surface area contributed by atoms with Crippen LogP contribution in [0.4, 0.5) is 5.95 Å². The van der Waals surface area contributed by atoms with E-state index in [1.165, 1.54) is 11.5 Å². The van der Waals surface area contributed by atoms with E-state index in [1.807, 2.05) is 25.1 Å². The average molecular weight is 288 g/mol. The van der Waals surface area contributed by atoms with Crippen LogP contribution in [0.15, 0.2) is 24.3 Å². The lowest BCUT2D eigenvalue weighted by Gasteiger charge is -2.10. The van der Waals surface area contributed by atoms with Crippen molar-refractivity contribution in [2.75, 3.05) is 5.32 Å². The molecule has 3 rings (SSSR count). The van der Waals surface area contributed by atoms with E-state index in [4.69, 9.17) is 0 Å². The molecule has 1 aliphatic rings. The summed E-state index contributed by atoms with van der Waals surface area (Å²) in [7, 11) is 0. The van der Waals surface area contributed by atoms with Crippen LogP contribution in [0.3, 0.4) is 0 Å². The third-order valence-electron chi connectivity index (χ3n) is 3.05. The molecular formula is C13H12N4O2S. The van der Waals surface area contributed by atoms with Crippen molar-refractivity contribution in [3.63, 3.8) is 0 Å². The molecule has 0 fully saturated rings. The Labute approximate surface area is 119 Å². The topological polar surface area (TPSA) is 84.0 Å². The van der Waals surface area contributed by atoms with Crippen molar-refractivity contribution in [2.24, 2.45) is 0 Å². The molecule has 0 aliphatic carbocycles. The van der Waals surface area contributed by atoms with Crippen LogP contribution in [0.5, 0.6) is 0 Å². The Balaban J connectivity index is 1.70. The van der Waals surface area contributed by atoms with Gasteiger partial charge in [0.2, 0.25) is 11.9 Å². The highest BCUT2D eigenvalue weighted by Gasteiger charge is 2.29. The number of aryl methyl sites for hydroxylation is 1. The number of hydrogen-bond donors (Lipinski definition) is 2. The number of benzene rings is 1. The summed E-state index contributed by atoms with van der Waals surface area (Å²) in [6, 6.07) is 6.99. The fourth-order valence-corrected chi connectivity index (χ4v) is 2.63. The third kappa shape index (κ3) is 2.39. The number of nitrogens with zero attached hydrogens (tertiary/aromatic N) is 2. The van der Waals surface area contributed by atoms with Crippen LogP contribution < -0.4 is 10.6 Å². The SMILES string of the molecule is Cc1nc(NC(=O)CC2NC(=O)c3ccccc32)ns1. The highest BCUT2D eigenvalue weighted by Crippen LogP contribution is 2.27. The fraction of sp³-hybridized carbons (Fsp3) is 0.231. The van der Waals surface area contributed by atoms with Crippen LogP contribution in [0.2, 0.25) is 0 Å². The highest BCUT2D eigenvalue weighted by atomic mass is 32.1. The summed E-state index contributed by atoms with van der Waals surface area (Å²) < 4.78 is 4.00. The van der Waals surface area contributed by atoms with Crippen molar-refractivity contribution < 1.29 is 9.59 Å². The van der Waals surface area contributed by atoms with Crippen LogP contribution in [0.25, 0.3) is 0 Å². The van der Waals surface area contributed by atoms with Gasteiger partial charge in [0.05, 0.1) is 12.5 Å². The van der Waals surface area contributed by atoms with Gasteiger partial charge in [0, 0.05) is 5.56 Å². The van der Waals surface area contributed by atoms with Crippen molar-refractivity contribution >= 4 is 29.3 Å². The fourth-order valence-electron chi connectivity index (χ4n) is 2.19. The maximum absolute atomic E-state index is 12.0. The average Bonchev–Trinajstić information content (AvgIpc) is 2.95. The minimum absolute atomic E-state index is 0.138. The van der Waals surface area contributed by atoms with E-state index in [2.05, 4.69) is 20.0 Å². The summed E-state index contributed by atoms with van der Waals surface area (Å²) in [6.45, 7) is 1.82. The predicted molar refractivity (Wildman–Crippen MR) is 74.5 cm³/mol. The molecule has 0 radical (unpaired) electrons. The molecule has 2 N–H and O–H groups in total. The minimum Gasteiger partial charge on any atom is -0.345 e. The second-order valence-electron chi connectivity index (χ2n) is 4.50. The van der Waals surface area contributed by atoms with E-state index in [0.29, 0.717) is 11.5 Å². The van der Waals surface area contributed by atoms with E-state index in [0.717, 1.165) is 10.6 Å². The number of carbonyl (C=O) groups is 2. The maximum Gasteiger partial charge on any atom is 0.252 e. The molecule has 1 aromatic carbocycles. The van der Waals surface area contributed by atoms with Gasteiger partial charge < -0.3 is 5.32 Å². The number of nitrogens with one attached hydrogen (secondary N) is 2. The quantitative estimate of drug-likeness (QED) is 0.899. The van der Waals surface area contributed by atoms with Gasteiger partial charge in [0.1, 0.15) is 5.01 Å². The molecule has 6 nitrogen and oxygen atoms in total. The standard InChI is InChI=1S/C13H12N4O2S/c1-7-14-13(17-20-7)16-11(18)6-10-8-4-2-3-5-9(8)12(19)15-10/h2-5,10H,6H2,1H3,(H,15,19)(H,16,17,18). The van der Waals surface area contributed by atoms with Gasteiger partial charge in [-0.1, -0.05) is 18.2 Å². The van der Waals surface area contributed by atoms with Crippen molar-refractivity contribution in [1.82, 2.24) is 14.7 Å². The lowest BCUT2D eigenvalue weighted by molar-refractivity contribution is -0.116. The first-order valence-corrected chi connectivity index (χ1v) is 6.91. The van der Waals surface area contributed by atoms with Crippen molar-refractivity contribution in [1.29, 1.82) is 0 Å². The largest absolute Gasteiger partial charge is 0.345 e. The van der Waals surface area contributed by atoms with Gasteiger partial charge in [0.15, 0.2) is 0 Å². The number of rotatable bonds is 3. The van der Waals surface area contributed by atoms with E-state index in [-0.39, 0.29) is 24.3 Å². The zero-order chi connectivity index (χ0) is 14.1. The van der Waals surface area contributed by atoms with E-state index in [9.17, 15) is 9.59 Å². The third-order valence-corrected chi connectivity index (χ3v) is 3.67. The Kier molecular flexibility index (Phi) is 3.19. The lowest BCUT2D eigenvalue weighted by atomic mass is 10.0. The molecule has 1 aliphatic heterocycles. The summed E-state index contributed by atoms with van der Waals surface area (Å²) in [4.78, 5) is 27.8. The van der Waals surface area contributed by atoms with Gasteiger partial charge in [-0.3, -0.25) is 14.9 Å². The summed E-state index contributed by atoms with van der Waals surface area (Å²) in [5.41, 5.74) is 1.49. The molecule has 2 amide bonds. The number of aromatic nitrogens is 2. The Hall–Kier alpha value is -2.28. The number of hydrogen-bond acceptors (Lipinski definition) is 5. The number of amides is 2. The normalized spacial score (nSPS) is 16.6. The van der Waals surface area contributed by atoms with E-state index < -0.39 is 0 Å². The zero-order valence-electron chi connectivity index (χ0n) is 10.7. The van der Waals surface area contributed by atoms with Crippen LogP contribution >= 0.6 is 11.5 Å². The predicted octanol–water partition coefficient (Wildman–Crippen LogP) is 1.66. The molecule has 7 heteroatoms. The monoisotopic (exact) mass is 288 g/mol. The number of anilines is 1. The molecule has 0 saturated carbocycles. The molecule has 1 aromatic heterocycles. The minimum atomic E-state index is -0.293. The van der Waals surface area contributed by atoms with E-state index >= 15 is 0 Å². The smallest absolute Gasteiger partial charge is 0.252 e. The summed E-state index contributed by atoms with van der Waals surface area (Å²) in [5.74, 6) is -0.0408. The van der Waals surface area contributed by atoms with Crippen molar-refractivity contribution in [2.45, 2.75) is 19.4 Å². The van der Waals surface area contributed by atoms with Gasteiger partial charge >= 0.3 is 0 Å². The first-order chi connectivity index (χ1) is 9.63. The first-order valence-electron chi connectivity index (χ1n) is 6.13. The van der Waals surface area contributed by atoms with Gasteiger partial charge in [-0.2, -0.15) is 4.37 Å². The van der Waals surface area contributed by atoms with Gasteiger partial charge in [-0.25, -0.2) is 4.98 Å². The Morgan fingerprint density at radius 2 is 2.25 bits per heavy atom. The van der Waals surface area contributed by atoms with Gasteiger partial charge in [-0.05, 0) is 30.1 Å². The second kappa shape index (κ2) is 5.01. The van der Waals surface area contributed by atoms with Crippen LogP contribution in [-0.2, 0) is 4.79 Å². The Bertz CT molecular complexity index is 683. The molecule has 102 valence electrons.